The lowest BCUT2D eigenvalue weighted by atomic mass is 9.86. The van der Waals surface area contributed by atoms with Crippen LogP contribution in [0.15, 0.2) is 30.3 Å². The monoisotopic (exact) mass is 450 g/mol. The van der Waals surface area contributed by atoms with Crippen LogP contribution in [0.25, 0.3) is 0 Å². The molecule has 2 aliphatic rings. The van der Waals surface area contributed by atoms with Crippen LogP contribution in [0.5, 0.6) is 23.0 Å². The SMILES string of the molecule is O=C1c2c(cc(O)c(C3OC(CO)C(O)C(O)C3O)c2O)OC(c2ccc(O)cc2)C1O. The molecule has 0 saturated carbocycles. The number of phenolic OH excluding ortho intramolecular Hbond substituents is 3. The highest BCUT2D eigenvalue weighted by Crippen LogP contribution is 2.49. The van der Waals surface area contributed by atoms with Crippen molar-refractivity contribution < 1.29 is 55.1 Å². The molecule has 1 saturated heterocycles. The standard InChI is InChI=1S/C21H22O11/c22-6-11-14(25)17(28)19(30)21(32-11)12-9(24)5-10-13(15(12)26)16(27)18(29)20(31-10)7-1-3-8(23)4-2-7/h1-5,11,14,17-26,28-30H,6H2. The third kappa shape index (κ3) is 3.45. The first-order chi connectivity index (χ1) is 15.1. The van der Waals surface area contributed by atoms with Gasteiger partial charge < -0.3 is 50.3 Å². The summed E-state index contributed by atoms with van der Waals surface area (Å²) in [6.07, 6.45) is -11.1. The summed E-state index contributed by atoms with van der Waals surface area (Å²) in [6, 6.07) is 6.53. The van der Waals surface area contributed by atoms with Gasteiger partial charge in [0.25, 0.3) is 0 Å². The number of carbonyl (C=O) groups excluding carboxylic acids is 1. The Morgan fingerprint density at radius 1 is 0.875 bits per heavy atom. The zero-order chi connectivity index (χ0) is 23.3. The second-order valence-corrected chi connectivity index (χ2v) is 7.72. The fraction of sp³-hybridized carbons (Fsp3) is 0.381. The molecular formula is C21H22O11. The lowest BCUT2D eigenvalue weighted by molar-refractivity contribution is -0.232. The van der Waals surface area contributed by atoms with Gasteiger partial charge in [-0.25, -0.2) is 0 Å². The molecular weight excluding hydrogens is 428 g/mol. The van der Waals surface area contributed by atoms with Crippen LogP contribution in [-0.4, -0.2) is 83.8 Å². The maximum absolute atomic E-state index is 12.9. The van der Waals surface area contributed by atoms with E-state index < -0.39 is 77.7 Å². The number of aromatic hydroxyl groups is 3. The fourth-order valence-corrected chi connectivity index (χ4v) is 4.00. The van der Waals surface area contributed by atoms with Crippen LogP contribution in [0.1, 0.15) is 33.7 Å². The third-order valence-corrected chi connectivity index (χ3v) is 5.74. The summed E-state index contributed by atoms with van der Waals surface area (Å²) >= 11 is 0. The van der Waals surface area contributed by atoms with Gasteiger partial charge in [0.1, 0.15) is 59.1 Å². The van der Waals surface area contributed by atoms with E-state index >= 15 is 0 Å². The maximum atomic E-state index is 12.9. The van der Waals surface area contributed by atoms with Gasteiger partial charge in [0.05, 0.1) is 12.2 Å². The molecule has 0 aromatic heterocycles. The van der Waals surface area contributed by atoms with Crippen molar-refractivity contribution in [1.82, 2.24) is 0 Å². The van der Waals surface area contributed by atoms with Gasteiger partial charge in [0.2, 0.25) is 5.78 Å². The van der Waals surface area contributed by atoms with Gasteiger partial charge in [-0.3, -0.25) is 4.79 Å². The van der Waals surface area contributed by atoms with Crippen molar-refractivity contribution in [3.8, 4) is 23.0 Å². The molecule has 2 aliphatic heterocycles. The lowest BCUT2D eigenvalue weighted by Crippen LogP contribution is -2.55. The first-order valence-electron chi connectivity index (χ1n) is 9.72. The van der Waals surface area contributed by atoms with E-state index in [9.17, 15) is 45.6 Å². The number of ketones is 1. The number of rotatable bonds is 3. The van der Waals surface area contributed by atoms with E-state index in [1.807, 2.05) is 0 Å². The van der Waals surface area contributed by atoms with E-state index in [0.717, 1.165) is 6.07 Å². The van der Waals surface area contributed by atoms with Gasteiger partial charge in [-0.05, 0) is 17.7 Å². The Morgan fingerprint density at radius 3 is 2.16 bits per heavy atom. The number of aliphatic hydroxyl groups is 5. The highest BCUT2D eigenvalue weighted by Gasteiger charge is 2.48. The summed E-state index contributed by atoms with van der Waals surface area (Å²) in [4.78, 5) is 12.9. The summed E-state index contributed by atoms with van der Waals surface area (Å²) in [7, 11) is 0. The van der Waals surface area contributed by atoms with Gasteiger partial charge in [0.15, 0.2) is 12.2 Å². The Bertz CT molecular complexity index is 1020. The summed E-state index contributed by atoms with van der Waals surface area (Å²) < 4.78 is 11.0. The van der Waals surface area contributed by atoms with Crippen molar-refractivity contribution in [3.63, 3.8) is 0 Å². The Morgan fingerprint density at radius 2 is 1.53 bits per heavy atom. The molecule has 0 aliphatic carbocycles. The Hall–Kier alpha value is -2.93. The number of fused-ring (bicyclic) bond motifs is 1. The van der Waals surface area contributed by atoms with Gasteiger partial charge >= 0.3 is 0 Å². The molecule has 4 rings (SSSR count). The first-order valence-corrected chi connectivity index (χ1v) is 9.72. The summed E-state index contributed by atoms with van der Waals surface area (Å²) in [5, 5.41) is 80.9. The molecule has 2 aromatic carbocycles. The molecule has 7 unspecified atom stereocenters. The third-order valence-electron chi connectivity index (χ3n) is 5.74. The summed E-state index contributed by atoms with van der Waals surface area (Å²) in [5.74, 6) is -2.73. The maximum Gasteiger partial charge on any atom is 0.202 e. The minimum absolute atomic E-state index is 0.0368. The Kier molecular flexibility index (Phi) is 5.71. The zero-order valence-electron chi connectivity index (χ0n) is 16.4. The molecule has 11 nitrogen and oxygen atoms in total. The molecule has 0 amide bonds. The van der Waals surface area contributed by atoms with E-state index in [1.165, 1.54) is 24.3 Å². The molecule has 2 aromatic rings. The number of benzene rings is 2. The normalized spacial score (nSPS) is 32.3. The molecule has 7 atom stereocenters. The molecule has 11 heteroatoms. The van der Waals surface area contributed by atoms with Gasteiger partial charge in [0, 0.05) is 6.07 Å². The number of carbonyl (C=O) groups is 1. The predicted molar refractivity (Wildman–Crippen MR) is 104 cm³/mol. The van der Waals surface area contributed by atoms with E-state index in [1.54, 1.807) is 0 Å². The fourth-order valence-electron chi connectivity index (χ4n) is 4.00. The number of Topliss-reactive ketones (excluding diaryl/α,β-unsaturated/α-hetero) is 1. The van der Waals surface area contributed by atoms with Crippen molar-refractivity contribution in [2.24, 2.45) is 0 Å². The van der Waals surface area contributed by atoms with Gasteiger partial charge in [-0.2, -0.15) is 0 Å². The quantitative estimate of drug-likeness (QED) is 0.285. The van der Waals surface area contributed by atoms with Crippen LogP contribution >= 0.6 is 0 Å². The lowest BCUT2D eigenvalue weighted by Gasteiger charge is -2.41. The van der Waals surface area contributed by atoms with E-state index in [-0.39, 0.29) is 11.5 Å². The largest absolute Gasteiger partial charge is 0.508 e. The predicted octanol–water partition coefficient (Wildman–Crippen LogP) is -1.00. The molecule has 0 bridgehead atoms. The zero-order valence-corrected chi connectivity index (χ0v) is 16.4. The molecule has 0 spiro atoms. The Labute approximate surface area is 181 Å². The average Bonchev–Trinajstić information content (AvgIpc) is 2.76. The highest BCUT2D eigenvalue weighted by molar-refractivity contribution is 6.06. The van der Waals surface area contributed by atoms with Crippen LogP contribution < -0.4 is 4.74 Å². The number of hydrogen-bond donors (Lipinski definition) is 8. The average molecular weight is 450 g/mol. The Balaban J connectivity index is 1.76. The number of phenols is 3. The molecule has 172 valence electrons. The second-order valence-electron chi connectivity index (χ2n) is 7.72. The minimum atomic E-state index is -1.82. The van der Waals surface area contributed by atoms with E-state index in [2.05, 4.69) is 0 Å². The number of ether oxygens (including phenoxy) is 2. The van der Waals surface area contributed by atoms with Crippen LogP contribution in [0, 0.1) is 0 Å². The van der Waals surface area contributed by atoms with E-state index in [4.69, 9.17) is 9.47 Å². The smallest absolute Gasteiger partial charge is 0.202 e. The molecule has 8 N–H and O–H groups in total. The van der Waals surface area contributed by atoms with Gasteiger partial charge in [-0.1, -0.05) is 12.1 Å². The second kappa shape index (κ2) is 8.20. The van der Waals surface area contributed by atoms with Crippen LogP contribution in [0.2, 0.25) is 0 Å². The first kappa shape index (κ1) is 22.3. The van der Waals surface area contributed by atoms with Gasteiger partial charge in [-0.15, -0.1) is 0 Å². The minimum Gasteiger partial charge on any atom is -0.508 e. The van der Waals surface area contributed by atoms with Crippen LogP contribution in [0.4, 0.5) is 0 Å². The van der Waals surface area contributed by atoms with Crippen molar-refractivity contribution in [2.45, 2.75) is 42.7 Å². The topological polar surface area (TPSA) is 197 Å². The summed E-state index contributed by atoms with van der Waals surface area (Å²) in [6.45, 7) is -0.733. The number of aliphatic hydroxyl groups excluding tert-OH is 5. The van der Waals surface area contributed by atoms with Crippen LogP contribution in [-0.2, 0) is 4.74 Å². The van der Waals surface area contributed by atoms with E-state index in [0.29, 0.717) is 5.56 Å². The summed E-state index contributed by atoms with van der Waals surface area (Å²) in [5.41, 5.74) is -0.600. The highest BCUT2D eigenvalue weighted by atomic mass is 16.5. The molecule has 2 heterocycles. The molecule has 32 heavy (non-hydrogen) atoms. The number of hydrogen-bond acceptors (Lipinski definition) is 11. The van der Waals surface area contributed by atoms with Crippen molar-refractivity contribution >= 4 is 5.78 Å². The van der Waals surface area contributed by atoms with Crippen LogP contribution in [0.3, 0.4) is 0 Å². The van der Waals surface area contributed by atoms with Crippen molar-refractivity contribution in [1.29, 1.82) is 0 Å². The van der Waals surface area contributed by atoms with Crippen molar-refractivity contribution in [3.05, 3.63) is 47.0 Å². The van der Waals surface area contributed by atoms with Crippen molar-refractivity contribution in [2.75, 3.05) is 6.61 Å². The molecule has 0 radical (unpaired) electrons. The molecule has 1 fully saturated rings.